The minimum absolute atomic E-state index is 0.0949. The number of carboxylic acid groups (broad SMARTS) is 1. The molecule has 0 unspecified atom stereocenters. The Hall–Kier alpha value is -0.610. The number of carbonyl (C=O) groups is 1. The second-order valence-corrected chi connectivity index (χ2v) is 5.18. The third-order valence-electron chi connectivity index (χ3n) is 4.08. The van der Waals surface area contributed by atoms with Crippen LogP contribution in [0.2, 0.25) is 0 Å². The summed E-state index contributed by atoms with van der Waals surface area (Å²) in [5.74, 6) is -0.703. The average molecular weight is 226 g/mol. The van der Waals surface area contributed by atoms with Gasteiger partial charge in [-0.2, -0.15) is 0 Å². The number of hydrogen-bond acceptors (Lipinski definition) is 3. The largest absolute Gasteiger partial charge is 0.481 e. The van der Waals surface area contributed by atoms with E-state index in [4.69, 9.17) is 5.11 Å². The number of rotatable bonds is 2. The van der Waals surface area contributed by atoms with Gasteiger partial charge in [0.05, 0.1) is 5.92 Å². The Morgan fingerprint density at radius 3 is 2.12 bits per heavy atom. The molecule has 2 fully saturated rings. The fourth-order valence-corrected chi connectivity index (χ4v) is 2.87. The van der Waals surface area contributed by atoms with Gasteiger partial charge in [0, 0.05) is 6.04 Å². The number of piperidine rings is 2. The third kappa shape index (κ3) is 2.74. The van der Waals surface area contributed by atoms with Crippen LogP contribution in [0.15, 0.2) is 0 Å². The summed E-state index contributed by atoms with van der Waals surface area (Å²) in [5.41, 5.74) is 0. The first-order chi connectivity index (χ1) is 7.66. The molecular weight excluding hydrogens is 204 g/mol. The average Bonchev–Trinajstić information content (AvgIpc) is 2.30. The first-order valence-electron chi connectivity index (χ1n) is 6.32. The highest BCUT2D eigenvalue weighted by molar-refractivity contribution is 5.70. The summed E-state index contributed by atoms with van der Waals surface area (Å²) in [5, 5.41) is 8.94. The molecule has 4 nitrogen and oxygen atoms in total. The van der Waals surface area contributed by atoms with Gasteiger partial charge in [-0.3, -0.25) is 4.79 Å². The molecule has 1 N–H and O–H groups in total. The van der Waals surface area contributed by atoms with Gasteiger partial charge < -0.3 is 14.9 Å². The Balaban J connectivity index is 1.78. The van der Waals surface area contributed by atoms with Crippen LogP contribution in [0.3, 0.4) is 0 Å². The Kier molecular flexibility index (Phi) is 3.82. The summed E-state index contributed by atoms with van der Waals surface area (Å²) in [6.07, 6.45) is 4.16. The summed E-state index contributed by atoms with van der Waals surface area (Å²) in [6.45, 7) is 4.32. The zero-order valence-electron chi connectivity index (χ0n) is 10.1. The summed E-state index contributed by atoms with van der Waals surface area (Å²) in [4.78, 5) is 15.7. The second-order valence-electron chi connectivity index (χ2n) is 5.18. The number of hydrogen-bond donors (Lipinski definition) is 1. The fraction of sp³-hybridized carbons (Fsp3) is 0.917. The van der Waals surface area contributed by atoms with E-state index in [2.05, 4.69) is 16.8 Å². The number of nitrogens with zero attached hydrogens (tertiary/aromatic N) is 2. The molecule has 16 heavy (non-hydrogen) atoms. The second kappa shape index (κ2) is 5.15. The van der Waals surface area contributed by atoms with Crippen molar-refractivity contribution in [2.24, 2.45) is 5.92 Å². The van der Waals surface area contributed by atoms with Crippen molar-refractivity contribution in [2.75, 3.05) is 33.2 Å². The molecule has 92 valence electrons. The zero-order valence-corrected chi connectivity index (χ0v) is 10.1. The SMILES string of the molecule is CN1CCC(N2CCC(C(=O)O)CC2)CC1. The quantitative estimate of drug-likeness (QED) is 0.759. The minimum atomic E-state index is -0.608. The molecule has 2 saturated heterocycles. The molecule has 2 heterocycles. The van der Waals surface area contributed by atoms with E-state index in [-0.39, 0.29) is 5.92 Å². The van der Waals surface area contributed by atoms with Crippen molar-refractivity contribution in [1.29, 1.82) is 0 Å². The molecule has 2 rings (SSSR count). The molecule has 0 spiro atoms. The lowest BCUT2D eigenvalue weighted by Gasteiger charge is -2.40. The Morgan fingerprint density at radius 2 is 1.62 bits per heavy atom. The number of carboxylic acids is 1. The maximum atomic E-state index is 10.9. The maximum absolute atomic E-state index is 10.9. The highest BCUT2D eigenvalue weighted by Gasteiger charge is 2.29. The molecule has 0 aromatic carbocycles. The fourth-order valence-electron chi connectivity index (χ4n) is 2.87. The van der Waals surface area contributed by atoms with E-state index in [1.165, 1.54) is 25.9 Å². The normalized spacial score (nSPS) is 27.1. The van der Waals surface area contributed by atoms with E-state index < -0.39 is 5.97 Å². The Morgan fingerprint density at radius 1 is 1.06 bits per heavy atom. The topological polar surface area (TPSA) is 43.8 Å². The summed E-state index contributed by atoms with van der Waals surface area (Å²) >= 11 is 0. The zero-order chi connectivity index (χ0) is 11.5. The van der Waals surface area contributed by atoms with Crippen LogP contribution in [0.1, 0.15) is 25.7 Å². The van der Waals surface area contributed by atoms with E-state index in [9.17, 15) is 4.79 Å². The molecule has 0 aromatic rings. The van der Waals surface area contributed by atoms with Gasteiger partial charge in [-0.25, -0.2) is 0 Å². The lowest BCUT2D eigenvalue weighted by molar-refractivity contribution is -0.143. The molecule has 0 bridgehead atoms. The Bertz CT molecular complexity index is 241. The van der Waals surface area contributed by atoms with Crippen molar-refractivity contribution in [3.8, 4) is 0 Å². The van der Waals surface area contributed by atoms with Crippen LogP contribution in [-0.4, -0.2) is 60.1 Å². The van der Waals surface area contributed by atoms with Crippen LogP contribution >= 0.6 is 0 Å². The van der Waals surface area contributed by atoms with Crippen LogP contribution in [-0.2, 0) is 4.79 Å². The number of aliphatic carboxylic acids is 1. The molecule has 2 aliphatic rings. The van der Waals surface area contributed by atoms with Gasteiger partial charge in [-0.15, -0.1) is 0 Å². The first-order valence-corrected chi connectivity index (χ1v) is 6.32. The van der Waals surface area contributed by atoms with Gasteiger partial charge in [0.1, 0.15) is 0 Å². The highest BCUT2D eigenvalue weighted by Crippen LogP contribution is 2.23. The molecule has 0 aromatic heterocycles. The monoisotopic (exact) mass is 226 g/mol. The van der Waals surface area contributed by atoms with Gasteiger partial charge in [0.25, 0.3) is 0 Å². The van der Waals surface area contributed by atoms with Crippen molar-refractivity contribution < 1.29 is 9.90 Å². The van der Waals surface area contributed by atoms with Crippen molar-refractivity contribution in [3.05, 3.63) is 0 Å². The predicted octanol–water partition coefficient (Wildman–Crippen LogP) is 0.877. The first kappa shape index (κ1) is 11.9. The molecule has 0 amide bonds. The van der Waals surface area contributed by atoms with Crippen LogP contribution in [0.5, 0.6) is 0 Å². The molecule has 0 atom stereocenters. The number of likely N-dealkylation sites (tertiary alicyclic amines) is 2. The molecular formula is C12H22N2O2. The van der Waals surface area contributed by atoms with Crippen molar-refractivity contribution in [3.63, 3.8) is 0 Å². The molecule has 0 saturated carbocycles. The van der Waals surface area contributed by atoms with E-state index in [1.807, 2.05) is 0 Å². The summed E-state index contributed by atoms with van der Waals surface area (Å²) in [7, 11) is 2.17. The Labute approximate surface area is 97.2 Å². The van der Waals surface area contributed by atoms with Gasteiger partial charge in [0.15, 0.2) is 0 Å². The van der Waals surface area contributed by atoms with Crippen LogP contribution in [0.4, 0.5) is 0 Å². The minimum Gasteiger partial charge on any atom is -0.481 e. The van der Waals surface area contributed by atoms with E-state index >= 15 is 0 Å². The molecule has 4 heteroatoms. The third-order valence-corrected chi connectivity index (χ3v) is 4.08. The van der Waals surface area contributed by atoms with Crippen molar-refractivity contribution in [2.45, 2.75) is 31.7 Å². The van der Waals surface area contributed by atoms with Gasteiger partial charge in [0.2, 0.25) is 0 Å². The standard InChI is InChI=1S/C12H22N2O2/c1-13-6-4-11(5-7-13)14-8-2-10(3-9-14)12(15)16/h10-11H,2-9H2,1H3,(H,15,16). The lowest BCUT2D eigenvalue weighted by Crippen LogP contribution is -2.47. The van der Waals surface area contributed by atoms with E-state index in [0.29, 0.717) is 6.04 Å². The highest BCUT2D eigenvalue weighted by atomic mass is 16.4. The van der Waals surface area contributed by atoms with Crippen molar-refractivity contribution >= 4 is 5.97 Å². The smallest absolute Gasteiger partial charge is 0.306 e. The summed E-state index contributed by atoms with van der Waals surface area (Å²) < 4.78 is 0. The summed E-state index contributed by atoms with van der Waals surface area (Å²) in [6, 6.07) is 0.700. The van der Waals surface area contributed by atoms with E-state index in [0.717, 1.165) is 25.9 Å². The molecule has 2 aliphatic heterocycles. The van der Waals surface area contributed by atoms with Crippen molar-refractivity contribution in [1.82, 2.24) is 9.80 Å². The van der Waals surface area contributed by atoms with Gasteiger partial charge in [-0.1, -0.05) is 0 Å². The van der Waals surface area contributed by atoms with Gasteiger partial charge in [-0.05, 0) is 58.9 Å². The molecule has 0 radical (unpaired) electrons. The van der Waals surface area contributed by atoms with Crippen LogP contribution in [0.25, 0.3) is 0 Å². The van der Waals surface area contributed by atoms with E-state index in [1.54, 1.807) is 0 Å². The molecule has 0 aliphatic carbocycles. The lowest BCUT2D eigenvalue weighted by atomic mass is 9.94. The van der Waals surface area contributed by atoms with Gasteiger partial charge >= 0.3 is 5.97 Å². The van der Waals surface area contributed by atoms with Crippen LogP contribution < -0.4 is 0 Å². The predicted molar refractivity (Wildman–Crippen MR) is 62.5 cm³/mol. The maximum Gasteiger partial charge on any atom is 0.306 e. The van der Waals surface area contributed by atoms with Crippen LogP contribution in [0, 0.1) is 5.92 Å².